The highest BCUT2D eigenvalue weighted by molar-refractivity contribution is 5.96. The summed E-state index contributed by atoms with van der Waals surface area (Å²) in [6.07, 6.45) is 6.77. The molecule has 0 radical (unpaired) electrons. The van der Waals surface area contributed by atoms with Gasteiger partial charge in [-0.05, 0) is 18.3 Å². The molecule has 0 aromatic rings. The molecule has 0 amide bonds. The lowest BCUT2D eigenvalue weighted by Crippen LogP contribution is -2.21. The molecule has 4 atom stereocenters. The fraction of sp³-hybridized carbons (Fsp3) is 0.500. The topological polar surface area (TPSA) is 37.3 Å². The van der Waals surface area contributed by atoms with Gasteiger partial charge >= 0.3 is 0 Å². The van der Waals surface area contributed by atoms with Crippen LogP contribution in [0.2, 0.25) is 0 Å². The van der Waals surface area contributed by atoms with E-state index in [9.17, 15) is 9.90 Å². The van der Waals surface area contributed by atoms with Gasteiger partial charge in [-0.15, -0.1) is 0 Å². The molecule has 0 saturated heterocycles. The fourth-order valence-electron chi connectivity index (χ4n) is 2.95. The van der Waals surface area contributed by atoms with Crippen molar-refractivity contribution in [3.05, 3.63) is 24.0 Å². The van der Waals surface area contributed by atoms with Crippen LogP contribution in [0.1, 0.15) is 6.42 Å². The Kier molecular flexibility index (Phi) is 0.978. The van der Waals surface area contributed by atoms with E-state index in [-0.39, 0.29) is 17.6 Å². The van der Waals surface area contributed by atoms with E-state index in [0.717, 1.165) is 6.42 Å². The van der Waals surface area contributed by atoms with E-state index < -0.39 is 0 Å². The molecule has 0 aliphatic heterocycles. The molecule has 0 heterocycles. The lowest BCUT2D eigenvalue weighted by molar-refractivity contribution is -0.118. The standard InChI is InChI=1S/C10H10O2/c11-7-4-8(12)10-6-2-1-5(3-6)9(7)10/h1-2,4-6,9-11H,3H2/t5-,6-,9-,10-/m0/s1. The molecule has 0 aromatic heterocycles. The molecule has 1 N–H and O–H groups in total. The zero-order valence-electron chi connectivity index (χ0n) is 6.60. The lowest BCUT2D eigenvalue weighted by atomic mass is 9.84. The SMILES string of the molecule is O=C1C=C(O)[C@H]2[C@H]1[C@H]1C=C[C@H]2C1. The van der Waals surface area contributed by atoms with Gasteiger partial charge in [0.1, 0.15) is 5.76 Å². The molecule has 62 valence electrons. The zero-order valence-corrected chi connectivity index (χ0v) is 6.60. The maximum absolute atomic E-state index is 11.4. The van der Waals surface area contributed by atoms with E-state index in [2.05, 4.69) is 12.2 Å². The summed E-state index contributed by atoms with van der Waals surface area (Å²) in [5.41, 5.74) is 0. The van der Waals surface area contributed by atoms with Crippen LogP contribution in [0.15, 0.2) is 24.0 Å². The Morgan fingerprint density at radius 1 is 1.25 bits per heavy atom. The highest BCUT2D eigenvalue weighted by Gasteiger charge is 2.52. The third kappa shape index (κ3) is 0.554. The number of hydrogen-bond acceptors (Lipinski definition) is 2. The molecule has 0 unspecified atom stereocenters. The average molecular weight is 162 g/mol. The number of aliphatic hydroxyl groups is 1. The summed E-state index contributed by atoms with van der Waals surface area (Å²) in [6, 6.07) is 0. The van der Waals surface area contributed by atoms with Crippen LogP contribution in [-0.4, -0.2) is 10.9 Å². The first kappa shape index (κ1) is 6.46. The number of carbonyl (C=O) groups excluding carboxylic acids is 1. The minimum absolute atomic E-state index is 0.0833. The van der Waals surface area contributed by atoms with Crippen LogP contribution < -0.4 is 0 Å². The molecule has 1 fully saturated rings. The van der Waals surface area contributed by atoms with Gasteiger partial charge < -0.3 is 5.11 Å². The number of carbonyl (C=O) groups is 1. The van der Waals surface area contributed by atoms with Gasteiger partial charge in [-0.25, -0.2) is 0 Å². The highest BCUT2D eigenvalue weighted by Crippen LogP contribution is 2.53. The minimum Gasteiger partial charge on any atom is -0.512 e. The maximum Gasteiger partial charge on any atom is 0.163 e. The number of hydrogen-bond donors (Lipinski definition) is 1. The average Bonchev–Trinajstić information content (AvgIpc) is 2.64. The van der Waals surface area contributed by atoms with Gasteiger partial charge in [-0.2, -0.15) is 0 Å². The van der Waals surface area contributed by atoms with Gasteiger partial charge in [-0.1, -0.05) is 12.2 Å². The van der Waals surface area contributed by atoms with E-state index in [0.29, 0.717) is 17.6 Å². The van der Waals surface area contributed by atoms with Crippen molar-refractivity contribution in [3.63, 3.8) is 0 Å². The van der Waals surface area contributed by atoms with Crippen LogP contribution in [0.3, 0.4) is 0 Å². The summed E-state index contributed by atoms with van der Waals surface area (Å²) >= 11 is 0. The Labute approximate surface area is 70.6 Å². The van der Waals surface area contributed by atoms with Crippen molar-refractivity contribution in [2.45, 2.75) is 6.42 Å². The highest BCUT2D eigenvalue weighted by atomic mass is 16.3. The third-order valence-electron chi connectivity index (χ3n) is 3.42. The van der Waals surface area contributed by atoms with Crippen LogP contribution in [0.4, 0.5) is 0 Å². The number of ketones is 1. The molecule has 12 heavy (non-hydrogen) atoms. The molecular weight excluding hydrogens is 152 g/mol. The second kappa shape index (κ2) is 1.82. The molecule has 2 heteroatoms. The van der Waals surface area contributed by atoms with Gasteiger partial charge in [-0.3, -0.25) is 4.79 Å². The quantitative estimate of drug-likeness (QED) is 0.547. The van der Waals surface area contributed by atoms with Gasteiger partial charge in [0.15, 0.2) is 5.78 Å². The Morgan fingerprint density at radius 3 is 2.58 bits per heavy atom. The maximum atomic E-state index is 11.4. The summed E-state index contributed by atoms with van der Waals surface area (Å²) in [7, 11) is 0. The van der Waals surface area contributed by atoms with Crippen molar-refractivity contribution in [2.24, 2.45) is 23.7 Å². The number of rotatable bonds is 0. The van der Waals surface area contributed by atoms with Crippen LogP contribution in [0.25, 0.3) is 0 Å². The smallest absolute Gasteiger partial charge is 0.163 e. The third-order valence-corrected chi connectivity index (χ3v) is 3.42. The molecule has 0 aromatic carbocycles. The molecule has 2 nitrogen and oxygen atoms in total. The Morgan fingerprint density at radius 2 is 1.92 bits per heavy atom. The second-order valence-electron chi connectivity index (χ2n) is 3.97. The van der Waals surface area contributed by atoms with Crippen molar-refractivity contribution in [3.8, 4) is 0 Å². The van der Waals surface area contributed by atoms with Crippen LogP contribution >= 0.6 is 0 Å². The number of allylic oxidation sites excluding steroid dienone is 4. The number of aliphatic hydroxyl groups excluding tert-OH is 1. The molecular formula is C10H10O2. The Balaban J connectivity index is 2.09. The van der Waals surface area contributed by atoms with Crippen LogP contribution in [0, 0.1) is 23.7 Å². The lowest BCUT2D eigenvalue weighted by Gasteiger charge is -2.19. The Hall–Kier alpha value is -1.05. The van der Waals surface area contributed by atoms with Gasteiger partial charge in [0, 0.05) is 17.9 Å². The zero-order chi connectivity index (χ0) is 8.29. The first-order valence-corrected chi connectivity index (χ1v) is 4.40. The minimum atomic E-state index is 0.0833. The predicted molar refractivity (Wildman–Crippen MR) is 43.4 cm³/mol. The summed E-state index contributed by atoms with van der Waals surface area (Å²) in [5.74, 6) is 1.51. The first-order valence-electron chi connectivity index (χ1n) is 4.40. The van der Waals surface area contributed by atoms with E-state index >= 15 is 0 Å². The van der Waals surface area contributed by atoms with Crippen molar-refractivity contribution < 1.29 is 9.90 Å². The summed E-state index contributed by atoms with van der Waals surface area (Å²) in [4.78, 5) is 11.4. The van der Waals surface area contributed by atoms with Crippen LogP contribution in [-0.2, 0) is 4.79 Å². The van der Waals surface area contributed by atoms with E-state index in [1.165, 1.54) is 6.08 Å². The normalized spacial score (nSPS) is 48.3. The summed E-state index contributed by atoms with van der Waals surface area (Å²) in [5, 5.41) is 9.50. The molecule has 3 aliphatic rings. The number of fused-ring (bicyclic) bond motifs is 5. The first-order chi connectivity index (χ1) is 5.77. The van der Waals surface area contributed by atoms with Gasteiger partial charge in [0.25, 0.3) is 0 Å². The Bertz CT molecular complexity index is 314. The monoisotopic (exact) mass is 162 g/mol. The van der Waals surface area contributed by atoms with Crippen LogP contribution in [0.5, 0.6) is 0 Å². The largest absolute Gasteiger partial charge is 0.512 e. The van der Waals surface area contributed by atoms with Crippen molar-refractivity contribution in [1.82, 2.24) is 0 Å². The summed E-state index contributed by atoms with van der Waals surface area (Å²) < 4.78 is 0. The van der Waals surface area contributed by atoms with E-state index in [1.807, 2.05) is 0 Å². The van der Waals surface area contributed by atoms with E-state index in [4.69, 9.17) is 0 Å². The second-order valence-corrected chi connectivity index (χ2v) is 3.97. The molecule has 2 bridgehead atoms. The van der Waals surface area contributed by atoms with Gasteiger partial charge in [0.05, 0.1) is 0 Å². The molecule has 1 saturated carbocycles. The van der Waals surface area contributed by atoms with Crippen molar-refractivity contribution in [2.75, 3.05) is 0 Å². The van der Waals surface area contributed by atoms with E-state index in [1.54, 1.807) is 0 Å². The molecule has 0 spiro atoms. The predicted octanol–water partition coefficient (Wildman–Crippen LogP) is 1.45. The summed E-state index contributed by atoms with van der Waals surface area (Å²) in [6.45, 7) is 0. The van der Waals surface area contributed by atoms with Crippen molar-refractivity contribution in [1.29, 1.82) is 0 Å². The fourth-order valence-corrected chi connectivity index (χ4v) is 2.95. The molecule has 3 rings (SSSR count). The van der Waals surface area contributed by atoms with Crippen molar-refractivity contribution >= 4 is 5.78 Å². The molecule has 3 aliphatic carbocycles. The van der Waals surface area contributed by atoms with Gasteiger partial charge in [0.2, 0.25) is 0 Å².